The Morgan fingerprint density at radius 2 is 1.67 bits per heavy atom. The molecule has 0 saturated heterocycles. The molecule has 2 rings (SSSR count). The molecule has 0 atom stereocenters. The summed E-state index contributed by atoms with van der Waals surface area (Å²) in [5.41, 5.74) is 1.21. The second-order valence-corrected chi connectivity index (χ2v) is 4.24. The van der Waals surface area contributed by atoms with Gasteiger partial charge in [0, 0.05) is 5.56 Å². The molecule has 1 N–H and O–H groups in total. The first-order chi connectivity index (χ1) is 10.2. The molecule has 2 amide bonds. The summed E-state index contributed by atoms with van der Waals surface area (Å²) in [6.45, 7) is 0.114. The predicted octanol–water partition coefficient (Wildman–Crippen LogP) is 2.76. The molecule has 0 fully saturated rings. The normalized spacial score (nSPS) is 9.76. The Bertz CT molecular complexity index is 608. The first-order valence-electron chi connectivity index (χ1n) is 6.35. The van der Waals surface area contributed by atoms with Crippen LogP contribution in [0, 0.1) is 0 Å². The van der Waals surface area contributed by atoms with E-state index in [2.05, 4.69) is 5.32 Å². The Balaban J connectivity index is 1.85. The Hall–Kier alpha value is -2.82. The van der Waals surface area contributed by atoms with E-state index in [1.165, 1.54) is 7.11 Å². The number of alkyl carbamates (subject to hydrolysis) is 1. The van der Waals surface area contributed by atoms with E-state index >= 15 is 0 Å². The van der Waals surface area contributed by atoms with Crippen LogP contribution in [0.3, 0.4) is 0 Å². The van der Waals surface area contributed by atoms with E-state index < -0.39 is 12.0 Å². The highest BCUT2D eigenvalue weighted by Crippen LogP contribution is 2.11. The molecule has 0 bridgehead atoms. The highest BCUT2D eigenvalue weighted by molar-refractivity contribution is 6.02. The van der Waals surface area contributed by atoms with Crippen LogP contribution in [-0.4, -0.2) is 19.1 Å². The zero-order chi connectivity index (χ0) is 15.1. The van der Waals surface area contributed by atoms with Gasteiger partial charge in [-0.25, -0.2) is 4.79 Å². The molecule has 0 saturated carbocycles. The van der Waals surface area contributed by atoms with Gasteiger partial charge in [-0.2, -0.15) is 0 Å². The fourth-order valence-corrected chi connectivity index (χ4v) is 1.67. The lowest BCUT2D eigenvalue weighted by Gasteiger charge is -2.06. The molecule has 0 aliphatic carbocycles. The average Bonchev–Trinajstić information content (AvgIpc) is 2.54. The first kappa shape index (κ1) is 14.6. The Kier molecular flexibility index (Phi) is 4.93. The van der Waals surface area contributed by atoms with Crippen molar-refractivity contribution in [3.63, 3.8) is 0 Å². The largest absolute Gasteiger partial charge is 0.497 e. The summed E-state index contributed by atoms with van der Waals surface area (Å²) < 4.78 is 9.96. The van der Waals surface area contributed by atoms with E-state index in [-0.39, 0.29) is 6.61 Å². The molecule has 0 aromatic heterocycles. The molecule has 0 heterocycles. The summed E-state index contributed by atoms with van der Waals surface area (Å²) in [5, 5.41) is 2.16. The highest BCUT2D eigenvalue weighted by atomic mass is 16.5. The van der Waals surface area contributed by atoms with Gasteiger partial charge in [-0.15, -0.1) is 0 Å². The predicted molar refractivity (Wildman–Crippen MR) is 77.1 cm³/mol. The molecule has 5 nitrogen and oxygen atoms in total. The van der Waals surface area contributed by atoms with Gasteiger partial charge in [-0.1, -0.05) is 30.3 Å². The zero-order valence-electron chi connectivity index (χ0n) is 11.5. The lowest BCUT2D eigenvalue weighted by atomic mass is 10.2. The van der Waals surface area contributed by atoms with Crippen LogP contribution in [-0.2, 0) is 11.3 Å². The van der Waals surface area contributed by atoms with E-state index in [1.54, 1.807) is 24.3 Å². The number of nitrogens with one attached hydrogen (secondary N) is 1. The number of methoxy groups -OCH3 is 1. The van der Waals surface area contributed by atoms with Crippen molar-refractivity contribution in [1.82, 2.24) is 5.32 Å². The number of imide groups is 1. The number of carbonyl (C=O) groups excluding carboxylic acids is 2. The standard InChI is InChI=1S/C16H15NO4/c1-20-14-9-7-13(8-10-14)15(18)17-16(19)21-11-12-5-3-2-4-6-12/h2-10H,11H2,1H3,(H,17,18,19). The Labute approximate surface area is 122 Å². The summed E-state index contributed by atoms with van der Waals surface area (Å²) in [6, 6.07) is 15.7. The van der Waals surface area contributed by atoms with E-state index in [0.717, 1.165) is 5.56 Å². The van der Waals surface area contributed by atoms with Gasteiger partial charge in [-0.05, 0) is 29.8 Å². The number of carbonyl (C=O) groups is 2. The van der Waals surface area contributed by atoms with Crippen molar-refractivity contribution < 1.29 is 19.1 Å². The Morgan fingerprint density at radius 3 is 2.29 bits per heavy atom. The van der Waals surface area contributed by atoms with Crippen molar-refractivity contribution in [2.45, 2.75) is 6.61 Å². The third-order valence-corrected chi connectivity index (χ3v) is 2.78. The number of ether oxygens (including phenoxy) is 2. The van der Waals surface area contributed by atoms with Gasteiger partial charge in [0.2, 0.25) is 0 Å². The van der Waals surface area contributed by atoms with Gasteiger partial charge < -0.3 is 9.47 Å². The average molecular weight is 285 g/mol. The van der Waals surface area contributed by atoms with Crippen molar-refractivity contribution in [3.05, 3.63) is 65.7 Å². The third-order valence-electron chi connectivity index (χ3n) is 2.78. The molecule has 0 radical (unpaired) electrons. The lowest BCUT2D eigenvalue weighted by molar-refractivity contribution is 0.0912. The SMILES string of the molecule is COc1ccc(C(=O)NC(=O)OCc2ccccc2)cc1. The number of amides is 2. The van der Waals surface area contributed by atoms with Gasteiger partial charge in [0.1, 0.15) is 12.4 Å². The van der Waals surface area contributed by atoms with Crippen LogP contribution in [0.15, 0.2) is 54.6 Å². The molecule has 5 heteroatoms. The molecule has 2 aromatic carbocycles. The van der Waals surface area contributed by atoms with E-state index in [9.17, 15) is 9.59 Å². The molecular formula is C16H15NO4. The second-order valence-electron chi connectivity index (χ2n) is 4.24. The summed E-state index contributed by atoms with van der Waals surface area (Å²) in [6.07, 6.45) is -0.778. The van der Waals surface area contributed by atoms with Crippen molar-refractivity contribution in [2.75, 3.05) is 7.11 Å². The number of benzene rings is 2. The summed E-state index contributed by atoms with van der Waals surface area (Å²) in [4.78, 5) is 23.4. The smallest absolute Gasteiger partial charge is 0.414 e. The molecule has 0 unspecified atom stereocenters. The zero-order valence-corrected chi connectivity index (χ0v) is 11.5. The monoisotopic (exact) mass is 285 g/mol. The third kappa shape index (κ3) is 4.35. The molecule has 0 spiro atoms. The molecule has 0 aliphatic rings. The summed E-state index contributed by atoms with van der Waals surface area (Å²) >= 11 is 0. The minimum atomic E-state index is -0.778. The van der Waals surface area contributed by atoms with Crippen molar-refractivity contribution in [1.29, 1.82) is 0 Å². The number of hydrogen-bond acceptors (Lipinski definition) is 4. The summed E-state index contributed by atoms with van der Waals surface area (Å²) in [5.74, 6) is 0.119. The summed E-state index contributed by atoms with van der Waals surface area (Å²) in [7, 11) is 1.54. The van der Waals surface area contributed by atoms with E-state index in [4.69, 9.17) is 9.47 Å². The van der Waals surface area contributed by atoms with Crippen molar-refractivity contribution in [3.8, 4) is 5.75 Å². The minimum Gasteiger partial charge on any atom is -0.497 e. The van der Waals surface area contributed by atoms with Crippen LogP contribution in [0.2, 0.25) is 0 Å². The van der Waals surface area contributed by atoms with Gasteiger partial charge in [0.05, 0.1) is 7.11 Å². The van der Waals surface area contributed by atoms with Crippen LogP contribution in [0.25, 0.3) is 0 Å². The Morgan fingerprint density at radius 1 is 1.00 bits per heavy atom. The minimum absolute atomic E-state index is 0.114. The highest BCUT2D eigenvalue weighted by Gasteiger charge is 2.11. The van der Waals surface area contributed by atoms with Crippen LogP contribution in [0.1, 0.15) is 15.9 Å². The molecule has 21 heavy (non-hydrogen) atoms. The topological polar surface area (TPSA) is 64.6 Å². The number of rotatable bonds is 4. The molecule has 0 aliphatic heterocycles. The van der Waals surface area contributed by atoms with E-state index in [0.29, 0.717) is 11.3 Å². The van der Waals surface area contributed by atoms with Crippen LogP contribution < -0.4 is 10.1 Å². The fourth-order valence-electron chi connectivity index (χ4n) is 1.67. The fraction of sp³-hybridized carbons (Fsp3) is 0.125. The van der Waals surface area contributed by atoms with E-state index in [1.807, 2.05) is 30.3 Å². The van der Waals surface area contributed by atoms with Gasteiger partial charge in [0.15, 0.2) is 0 Å². The number of hydrogen-bond donors (Lipinski definition) is 1. The molecule has 2 aromatic rings. The van der Waals surface area contributed by atoms with Gasteiger partial charge in [-0.3, -0.25) is 10.1 Å². The van der Waals surface area contributed by atoms with Crippen molar-refractivity contribution in [2.24, 2.45) is 0 Å². The maximum absolute atomic E-state index is 11.8. The van der Waals surface area contributed by atoms with Gasteiger partial charge in [0.25, 0.3) is 5.91 Å². The lowest BCUT2D eigenvalue weighted by Crippen LogP contribution is -2.30. The maximum atomic E-state index is 11.8. The maximum Gasteiger partial charge on any atom is 0.414 e. The second kappa shape index (κ2) is 7.09. The van der Waals surface area contributed by atoms with Crippen molar-refractivity contribution >= 4 is 12.0 Å². The molecule has 108 valence electrons. The van der Waals surface area contributed by atoms with Crippen LogP contribution in [0.4, 0.5) is 4.79 Å². The van der Waals surface area contributed by atoms with Gasteiger partial charge >= 0.3 is 6.09 Å². The quantitative estimate of drug-likeness (QED) is 0.938. The molecular weight excluding hydrogens is 270 g/mol. The van der Waals surface area contributed by atoms with Crippen LogP contribution >= 0.6 is 0 Å². The van der Waals surface area contributed by atoms with Crippen LogP contribution in [0.5, 0.6) is 5.75 Å². The first-order valence-corrected chi connectivity index (χ1v) is 6.35.